The molecule has 1 atom stereocenters. The van der Waals surface area contributed by atoms with Gasteiger partial charge >= 0.3 is 0 Å². The molecule has 0 fully saturated rings. The van der Waals surface area contributed by atoms with E-state index in [0.29, 0.717) is 16.5 Å². The molecule has 0 amide bonds. The van der Waals surface area contributed by atoms with Crippen LogP contribution >= 0.6 is 11.6 Å². The topological polar surface area (TPSA) is 38.7 Å². The van der Waals surface area contributed by atoms with Gasteiger partial charge in [0.15, 0.2) is 11.5 Å². The molecular formula is C11H13ClO3. The van der Waals surface area contributed by atoms with Gasteiger partial charge in [-0.05, 0) is 18.6 Å². The van der Waals surface area contributed by atoms with Crippen LogP contribution in [0.2, 0.25) is 5.02 Å². The third-order valence-corrected chi connectivity index (χ3v) is 3.16. The standard InChI is InChI=1S/C11H13ClO3/c1-6(4-13)8-3-9-11(15-5-14-9)7(2)10(8)12/h3,6,13H,4-5H2,1-2H3. The van der Waals surface area contributed by atoms with Crippen molar-refractivity contribution >= 4 is 11.6 Å². The van der Waals surface area contributed by atoms with Gasteiger partial charge in [0, 0.05) is 18.1 Å². The molecule has 0 radical (unpaired) electrons. The highest BCUT2D eigenvalue weighted by Crippen LogP contribution is 2.43. The van der Waals surface area contributed by atoms with Crippen LogP contribution in [0.25, 0.3) is 0 Å². The van der Waals surface area contributed by atoms with E-state index in [9.17, 15) is 0 Å². The van der Waals surface area contributed by atoms with Crippen molar-refractivity contribution in [3.05, 3.63) is 22.2 Å². The molecule has 1 unspecified atom stereocenters. The van der Waals surface area contributed by atoms with E-state index in [1.165, 1.54) is 0 Å². The zero-order valence-electron chi connectivity index (χ0n) is 8.71. The summed E-state index contributed by atoms with van der Waals surface area (Å²) in [5, 5.41) is 9.77. The van der Waals surface area contributed by atoms with Crippen LogP contribution in [0.3, 0.4) is 0 Å². The molecule has 1 N–H and O–H groups in total. The molecule has 3 nitrogen and oxygen atoms in total. The fraction of sp³-hybridized carbons (Fsp3) is 0.455. The summed E-state index contributed by atoms with van der Waals surface area (Å²) in [5.74, 6) is 1.44. The molecule has 0 bridgehead atoms. The van der Waals surface area contributed by atoms with E-state index in [1.54, 1.807) is 0 Å². The minimum absolute atomic E-state index is 0.00528. The fourth-order valence-electron chi connectivity index (χ4n) is 1.67. The summed E-state index contributed by atoms with van der Waals surface area (Å²) in [7, 11) is 0. The van der Waals surface area contributed by atoms with Gasteiger partial charge in [-0.1, -0.05) is 18.5 Å². The van der Waals surface area contributed by atoms with Crippen molar-refractivity contribution in [2.24, 2.45) is 0 Å². The van der Waals surface area contributed by atoms with Gasteiger partial charge in [-0.3, -0.25) is 0 Å². The maximum Gasteiger partial charge on any atom is 0.231 e. The molecule has 1 heterocycles. The Morgan fingerprint density at radius 1 is 1.53 bits per heavy atom. The Labute approximate surface area is 93.6 Å². The van der Waals surface area contributed by atoms with E-state index < -0.39 is 0 Å². The van der Waals surface area contributed by atoms with Gasteiger partial charge in [0.25, 0.3) is 0 Å². The van der Waals surface area contributed by atoms with Gasteiger partial charge in [-0.25, -0.2) is 0 Å². The average molecular weight is 229 g/mol. The summed E-state index contributed by atoms with van der Waals surface area (Å²) in [4.78, 5) is 0. The highest BCUT2D eigenvalue weighted by molar-refractivity contribution is 6.32. The lowest BCUT2D eigenvalue weighted by molar-refractivity contribution is 0.173. The minimum atomic E-state index is 0.00528. The molecule has 4 heteroatoms. The van der Waals surface area contributed by atoms with Crippen LogP contribution in [0, 0.1) is 6.92 Å². The third-order valence-electron chi connectivity index (χ3n) is 2.66. The van der Waals surface area contributed by atoms with Crippen LogP contribution in [0.4, 0.5) is 0 Å². The number of fused-ring (bicyclic) bond motifs is 1. The van der Waals surface area contributed by atoms with Crippen molar-refractivity contribution in [3.8, 4) is 11.5 Å². The summed E-state index contributed by atoms with van der Waals surface area (Å²) in [5.41, 5.74) is 1.78. The fourth-order valence-corrected chi connectivity index (χ4v) is 1.99. The zero-order chi connectivity index (χ0) is 11.0. The molecule has 0 spiro atoms. The molecule has 1 aromatic rings. The van der Waals surface area contributed by atoms with Crippen molar-refractivity contribution in [2.45, 2.75) is 19.8 Å². The molecule has 82 valence electrons. The van der Waals surface area contributed by atoms with E-state index in [4.69, 9.17) is 26.2 Å². The number of ether oxygens (including phenoxy) is 2. The Balaban J connectivity index is 2.54. The Morgan fingerprint density at radius 3 is 2.93 bits per heavy atom. The van der Waals surface area contributed by atoms with Crippen molar-refractivity contribution in [1.82, 2.24) is 0 Å². The molecule has 0 saturated heterocycles. The van der Waals surface area contributed by atoms with Gasteiger partial charge in [0.05, 0.1) is 5.02 Å². The lowest BCUT2D eigenvalue weighted by Gasteiger charge is -2.14. The number of aliphatic hydroxyl groups excluding tert-OH is 1. The molecule has 2 rings (SSSR count). The van der Waals surface area contributed by atoms with Crippen LogP contribution < -0.4 is 9.47 Å². The second kappa shape index (κ2) is 3.91. The average Bonchev–Trinajstić information content (AvgIpc) is 2.70. The largest absolute Gasteiger partial charge is 0.454 e. The summed E-state index contributed by atoms with van der Waals surface area (Å²) in [6.07, 6.45) is 0. The Hall–Kier alpha value is -0.930. The van der Waals surface area contributed by atoms with E-state index in [0.717, 1.165) is 11.1 Å². The predicted octanol–water partition coefficient (Wildman–Crippen LogP) is 2.47. The molecule has 1 aromatic carbocycles. The number of hydrogen-bond donors (Lipinski definition) is 1. The van der Waals surface area contributed by atoms with Gasteiger partial charge < -0.3 is 14.6 Å². The SMILES string of the molecule is Cc1c(Cl)c(C(C)CO)cc2c1OCO2. The molecule has 0 saturated carbocycles. The molecule has 0 aromatic heterocycles. The second-order valence-corrected chi connectivity index (χ2v) is 4.10. The maximum atomic E-state index is 9.12. The minimum Gasteiger partial charge on any atom is -0.454 e. The number of benzene rings is 1. The second-order valence-electron chi connectivity index (χ2n) is 3.72. The Bertz CT molecular complexity index is 390. The number of rotatable bonds is 2. The lowest BCUT2D eigenvalue weighted by Crippen LogP contribution is -2.01. The van der Waals surface area contributed by atoms with Gasteiger partial charge in [-0.15, -0.1) is 0 Å². The predicted molar refractivity (Wildman–Crippen MR) is 57.8 cm³/mol. The number of hydrogen-bond acceptors (Lipinski definition) is 3. The van der Waals surface area contributed by atoms with Gasteiger partial charge in [-0.2, -0.15) is 0 Å². The molecule has 15 heavy (non-hydrogen) atoms. The first-order chi connectivity index (χ1) is 7.15. The smallest absolute Gasteiger partial charge is 0.231 e. The Morgan fingerprint density at radius 2 is 2.27 bits per heavy atom. The first-order valence-electron chi connectivity index (χ1n) is 4.84. The highest BCUT2D eigenvalue weighted by atomic mass is 35.5. The van der Waals surface area contributed by atoms with Crippen LogP contribution in [0.5, 0.6) is 11.5 Å². The van der Waals surface area contributed by atoms with Crippen molar-refractivity contribution in [3.63, 3.8) is 0 Å². The van der Waals surface area contributed by atoms with Crippen molar-refractivity contribution < 1.29 is 14.6 Å². The van der Waals surface area contributed by atoms with Gasteiger partial charge in [0.1, 0.15) is 0 Å². The number of halogens is 1. The van der Waals surface area contributed by atoms with E-state index in [-0.39, 0.29) is 19.3 Å². The van der Waals surface area contributed by atoms with Crippen LogP contribution in [-0.4, -0.2) is 18.5 Å². The first kappa shape index (κ1) is 10.6. The van der Waals surface area contributed by atoms with Crippen molar-refractivity contribution in [1.29, 1.82) is 0 Å². The first-order valence-corrected chi connectivity index (χ1v) is 5.22. The summed E-state index contributed by atoms with van der Waals surface area (Å²) in [6.45, 7) is 4.12. The molecule has 1 aliphatic rings. The van der Waals surface area contributed by atoms with Crippen molar-refractivity contribution in [2.75, 3.05) is 13.4 Å². The van der Waals surface area contributed by atoms with E-state index in [1.807, 2.05) is 19.9 Å². The van der Waals surface area contributed by atoms with Crippen LogP contribution in [0.1, 0.15) is 24.0 Å². The molecular weight excluding hydrogens is 216 g/mol. The normalized spacial score (nSPS) is 15.5. The number of aliphatic hydroxyl groups is 1. The quantitative estimate of drug-likeness (QED) is 0.845. The highest BCUT2D eigenvalue weighted by Gasteiger charge is 2.22. The Kier molecular flexibility index (Phi) is 2.76. The van der Waals surface area contributed by atoms with Gasteiger partial charge in [0.2, 0.25) is 6.79 Å². The maximum absolute atomic E-state index is 9.12. The lowest BCUT2D eigenvalue weighted by atomic mass is 9.99. The third kappa shape index (κ3) is 1.66. The summed E-state index contributed by atoms with van der Waals surface area (Å²) in [6, 6.07) is 1.85. The zero-order valence-corrected chi connectivity index (χ0v) is 9.47. The molecule has 0 aliphatic carbocycles. The molecule has 1 aliphatic heterocycles. The van der Waals surface area contributed by atoms with Crippen LogP contribution in [0.15, 0.2) is 6.07 Å². The summed E-state index contributed by atoms with van der Waals surface area (Å²) < 4.78 is 10.6. The summed E-state index contributed by atoms with van der Waals surface area (Å²) >= 11 is 6.20. The van der Waals surface area contributed by atoms with Crippen LogP contribution in [-0.2, 0) is 0 Å². The monoisotopic (exact) mass is 228 g/mol. The van der Waals surface area contributed by atoms with E-state index >= 15 is 0 Å². The van der Waals surface area contributed by atoms with E-state index in [2.05, 4.69) is 0 Å².